The summed E-state index contributed by atoms with van der Waals surface area (Å²) in [7, 11) is 1.92. The van der Waals surface area contributed by atoms with E-state index in [1.165, 1.54) is 5.56 Å². The lowest BCUT2D eigenvalue weighted by molar-refractivity contribution is -0.119. The quantitative estimate of drug-likeness (QED) is 0.869. The molecule has 1 heterocycles. The first-order valence-electron chi connectivity index (χ1n) is 7.04. The lowest BCUT2D eigenvalue weighted by atomic mass is 9.80. The fraction of sp³-hybridized carbons (Fsp3) is 0.533. The van der Waals surface area contributed by atoms with E-state index in [2.05, 4.69) is 17.4 Å². The predicted octanol–water partition coefficient (Wildman–Crippen LogP) is 1.74. The molecule has 0 spiro atoms. The van der Waals surface area contributed by atoms with Gasteiger partial charge in [-0.1, -0.05) is 0 Å². The summed E-state index contributed by atoms with van der Waals surface area (Å²) in [6.07, 6.45) is 3.57. The second kappa shape index (κ2) is 4.85. The van der Waals surface area contributed by atoms with Crippen molar-refractivity contribution in [1.82, 2.24) is 0 Å². The molecule has 3 rings (SSSR count). The minimum Gasteiger partial charge on any atom is -0.388 e. The molecule has 3 N–H and O–H groups in total. The first-order valence-corrected chi connectivity index (χ1v) is 7.04. The van der Waals surface area contributed by atoms with Crippen LogP contribution in [0.4, 0.5) is 11.4 Å². The summed E-state index contributed by atoms with van der Waals surface area (Å²) >= 11 is 0. The number of hydrogen-bond acceptors (Lipinski definition) is 3. The van der Waals surface area contributed by atoms with Crippen molar-refractivity contribution in [3.05, 3.63) is 23.8 Å². The maximum absolute atomic E-state index is 12.1. The number of rotatable bonds is 3. The Morgan fingerprint density at radius 3 is 2.84 bits per heavy atom. The van der Waals surface area contributed by atoms with Crippen LogP contribution in [-0.2, 0) is 11.2 Å². The number of nitrogens with one attached hydrogen (secondary N) is 1. The molecule has 0 unspecified atom stereocenters. The summed E-state index contributed by atoms with van der Waals surface area (Å²) in [5.41, 5.74) is 9.31. The zero-order valence-corrected chi connectivity index (χ0v) is 11.4. The van der Waals surface area contributed by atoms with Crippen molar-refractivity contribution in [2.24, 2.45) is 11.7 Å². The average molecular weight is 259 g/mol. The van der Waals surface area contributed by atoms with E-state index in [9.17, 15) is 4.79 Å². The number of benzene rings is 1. The molecular weight excluding hydrogens is 238 g/mol. The summed E-state index contributed by atoms with van der Waals surface area (Å²) in [5.74, 6) is 0.832. The molecule has 1 saturated carbocycles. The number of nitrogens with two attached hydrogens (primary N) is 1. The van der Waals surface area contributed by atoms with Crippen molar-refractivity contribution in [2.75, 3.05) is 23.8 Å². The smallest absolute Gasteiger partial charge is 0.227 e. The van der Waals surface area contributed by atoms with E-state index in [0.717, 1.165) is 37.2 Å². The number of fused-ring (bicyclic) bond motifs is 1. The van der Waals surface area contributed by atoms with Crippen molar-refractivity contribution >= 4 is 17.3 Å². The van der Waals surface area contributed by atoms with E-state index in [1.807, 2.05) is 18.0 Å². The zero-order valence-electron chi connectivity index (χ0n) is 11.4. The summed E-state index contributed by atoms with van der Waals surface area (Å²) in [6.45, 7) is 0.832. The molecule has 1 amide bonds. The van der Waals surface area contributed by atoms with Gasteiger partial charge in [-0.2, -0.15) is 0 Å². The van der Waals surface area contributed by atoms with Crippen molar-refractivity contribution in [3.8, 4) is 0 Å². The maximum Gasteiger partial charge on any atom is 0.227 e. The van der Waals surface area contributed by atoms with Gasteiger partial charge < -0.3 is 16.0 Å². The standard InChI is InChI=1S/C15H21N3O/c1-17-13-3-4-14-11(8-13)2-5-15(19)18(14)9-10-6-12(16)7-10/h3-4,8,10,12,17H,2,5-7,9,16H2,1H3. The Labute approximate surface area is 114 Å². The number of carbonyl (C=O) groups excluding carboxylic acids is 1. The number of aryl methyl sites for hydroxylation is 1. The highest BCUT2D eigenvalue weighted by molar-refractivity contribution is 5.96. The van der Waals surface area contributed by atoms with Gasteiger partial charge >= 0.3 is 0 Å². The van der Waals surface area contributed by atoms with E-state index >= 15 is 0 Å². The van der Waals surface area contributed by atoms with Crippen LogP contribution < -0.4 is 16.0 Å². The molecule has 4 nitrogen and oxygen atoms in total. The molecule has 1 aromatic rings. The average Bonchev–Trinajstić information content (AvgIpc) is 2.39. The monoisotopic (exact) mass is 259 g/mol. The van der Waals surface area contributed by atoms with Crippen LogP contribution in [0.1, 0.15) is 24.8 Å². The third-order valence-corrected chi connectivity index (χ3v) is 4.28. The molecule has 4 heteroatoms. The first kappa shape index (κ1) is 12.5. The first-order chi connectivity index (χ1) is 9.17. The second-order valence-electron chi connectivity index (χ2n) is 5.70. The number of hydrogen-bond donors (Lipinski definition) is 2. The highest BCUT2D eigenvalue weighted by Gasteiger charge is 2.32. The third kappa shape index (κ3) is 2.32. The second-order valence-corrected chi connectivity index (χ2v) is 5.70. The lowest BCUT2D eigenvalue weighted by Crippen LogP contribution is -2.46. The molecule has 1 aliphatic heterocycles. The van der Waals surface area contributed by atoms with Crippen LogP contribution in [0.5, 0.6) is 0 Å². The largest absolute Gasteiger partial charge is 0.388 e. The minimum absolute atomic E-state index is 0.255. The molecule has 0 radical (unpaired) electrons. The molecule has 1 fully saturated rings. The Balaban J connectivity index is 1.82. The Bertz CT molecular complexity index is 494. The normalized spacial score (nSPS) is 25.8. The lowest BCUT2D eigenvalue weighted by Gasteiger charge is -2.38. The Morgan fingerprint density at radius 2 is 2.16 bits per heavy atom. The molecule has 0 bridgehead atoms. The molecule has 0 aromatic heterocycles. The number of amides is 1. The van der Waals surface area contributed by atoms with Gasteiger partial charge in [0.2, 0.25) is 5.91 Å². The topological polar surface area (TPSA) is 58.4 Å². The highest BCUT2D eigenvalue weighted by Crippen LogP contribution is 2.34. The SMILES string of the molecule is CNc1ccc2c(c1)CCC(=O)N2CC1CC(N)C1. The number of anilines is 2. The third-order valence-electron chi connectivity index (χ3n) is 4.28. The van der Waals surface area contributed by atoms with Crippen LogP contribution >= 0.6 is 0 Å². The van der Waals surface area contributed by atoms with E-state index in [0.29, 0.717) is 18.4 Å². The fourth-order valence-electron chi connectivity index (χ4n) is 3.11. The fourth-order valence-corrected chi connectivity index (χ4v) is 3.11. The summed E-state index contributed by atoms with van der Waals surface area (Å²) in [6, 6.07) is 6.60. The van der Waals surface area contributed by atoms with E-state index in [-0.39, 0.29) is 5.91 Å². The van der Waals surface area contributed by atoms with Crippen molar-refractivity contribution < 1.29 is 4.79 Å². The van der Waals surface area contributed by atoms with Gasteiger partial charge in [0, 0.05) is 37.4 Å². The van der Waals surface area contributed by atoms with Gasteiger partial charge in [-0.05, 0) is 48.9 Å². The van der Waals surface area contributed by atoms with E-state index in [1.54, 1.807) is 0 Å². The number of nitrogens with zero attached hydrogens (tertiary/aromatic N) is 1. The Hall–Kier alpha value is -1.55. The highest BCUT2D eigenvalue weighted by atomic mass is 16.2. The molecule has 2 aliphatic rings. The summed E-state index contributed by atoms with van der Waals surface area (Å²) < 4.78 is 0. The van der Waals surface area contributed by atoms with Crippen molar-refractivity contribution in [3.63, 3.8) is 0 Å². The predicted molar refractivity (Wildman–Crippen MR) is 77.4 cm³/mol. The van der Waals surface area contributed by atoms with Crippen LogP contribution in [0, 0.1) is 5.92 Å². The van der Waals surface area contributed by atoms with Crippen molar-refractivity contribution in [2.45, 2.75) is 31.7 Å². The van der Waals surface area contributed by atoms with Gasteiger partial charge in [0.1, 0.15) is 0 Å². The van der Waals surface area contributed by atoms with Gasteiger partial charge in [0.15, 0.2) is 0 Å². The maximum atomic E-state index is 12.1. The molecule has 19 heavy (non-hydrogen) atoms. The molecule has 1 aliphatic carbocycles. The van der Waals surface area contributed by atoms with Gasteiger partial charge in [-0.25, -0.2) is 0 Å². The Morgan fingerprint density at radius 1 is 1.37 bits per heavy atom. The molecular formula is C15H21N3O. The summed E-state index contributed by atoms with van der Waals surface area (Å²) in [5, 5.41) is 3.15. The Kier molecular flexibility index (Phi) is 3.19. The zero-order chi connectivity index (χ0) is 13.4. The summed E-state index contributed by atoms with van der Waals surface area (Å²) in [4.78, 5) is 14.1. The molecule has 1 aromatic carbocycles. The van der Waals surface area contributed by atoms with Gasteiger partial charge in [-0.3, -0.25) is 4.79 Å². The molecule has 0 atom stereocenters. The van der Waals surface area contributed by atoms with Crippen LogP contribution in [0.25, 0.3) is 0 Å². The number of carbonyl (C=O) groups is 1. The van der Waals surface area contributed by atoms with Crippen molar-refractivity contribution in [1.29, 1.82) is 0 Å². The van der Waals surface area contributed by atoms with E-state index in [4.69, 9.17) is 5.73 Å². The molecule has 102 valence electrons. The van der Waals surface area contributed by atoms with Crippen LogP contribution in [0.2, 0.25) is 0 Å². The minimum atomic E-state index is 0.255. The van der Waals surface area contributed by atoms with Gasteiger partial charge in [0.05, 0.1) is 0 Å². The van der Waals surface area contributed by atoms with Crippen LogP contribution in [0.15, 0.2) is 18.2 Å². The van der Waals surface area contributed by atoms with E-state index < -0.39 is 0 Å². The van der Waals surface area contributed by atoms with Gasteiger partial charge in [0.25, 0.3) is 0 Å². The molecule has 0 saturated heterocycles. The van der Waals surface area contributed by atoms with Gasteiger partial charge in [-0.15, -0.1) is 0 Å². The van der Waals surface area contributed by atoms with Crippen LogP contribution in [0.3, 0.4) is 0 Å². The van der Waals surface area contributed by atoms with Crippen LogP contribution in [-0.4, -0.2) is 25.5 Å².